The lowest BCUT2D eigenvalue weighted by molar-refractivity contribution is -0.116. The molecule has 0 saturated heterocycles. The van der Waals surface area contributed by atoms with Crippen LogP contribution >= 0.6 is 11.8 Å². The topological polar surface area (TPSA) is 58.2 Å². The van der Waals surface area contributed by atoms with E-state index in [1.807, 2.05) is 50.2 Å². The maximum absolute atomic E-state index is 12.2. The van der Waals surface area contributed by atoms with E-state index >= 15 is 0 Å². The van der Waals surface area contributed by atoms with Crippen LogP contribution in [0.1, 0.15) is 18.1 Å². The van der Waals surface area contributed by atoms with Crippen molar-refractivity contribution in [3.63, 3.8) is 0 Å². The van der Waals surface area contributed by atoms with Crippen molar-refractivity contribution in [2.75, 3.05) is 10.6 Å². The number of fused-ring (bicyclic) bond motifs is 1. The summed E-state index contributed by atoms with van der Waals surface area (Å²) in [5, 5.41) is 5.66. The van der Waals surface area contributed by atoms with Crippen molar-refractivity contribution in [3.05, 3.63) is 53.6 Å². The Hall–Kier alpha value is -2.27. The maximum Gasteiger partial charge on any atom is 0.237 e. The highest BCUT2D eigenvalue weighted by atomic mass is 32.2. The number of carbonyl (C=O) groups is 2. The Bertz CT molecular complexity index is 773. The molecule has 4 nitrogen and oxygen atoms in total. The molecule has 1 atom stereocenters. The van der Waals surface area contributed by atoms with E-state index in [2.05, 4.69) is 10.6 Å². The van der Waals surface area contributed by atoms with Crippen LogP contribution in [0.3, 0.4) is 0 Å². The molecule has 1 aliphatic heterocycles. The zero-order chi connectivity index (χ0) is 16.4. The molecule has 5 heteroatoms. The molecule has 0 saturated carbocycles. The van der Waals surface area contributed by atoms with Crippen LogP contribution in [0.15, 0.2) is 47.4 Å². The minimum atomic E-state index is -0.0933. The molecule has 2 aromatic rings. The van der Waals surface area contributed by atoms with Crippen molar-refractivity contribution >= 4 is 35.0 Å². The van der Waals surface area contributed by atoms with Crippen LogP contribution < -0.4 is 10.6 Å². The Morgan fingerprint density at radius 3 is 2.87 bits per heavy atom. The smallest absolute Gasteiger partial charge is 0.237 e. The SMILES string of the molecule is Cc1cccc(CC(=O)Nc2ccc3c(c2)NC(=O)C(C)S3)c1. The molecule has 0 aliphatic carbocycles. The molecule has 1 heterocycles. The summed E-state index contributed by atoms with van der Waals surface area (Å²) in [4.78, 5) is 24.9. The highest BCUT2D eigenvalue weighted by molar-refractivity contribution is 8.00. The number of rotatable bonds is 3. The first-order valence-electron chi connectivity index (χ1n) is 7.48. The number of benzene rings is 2. The van der Waals surface area contributed by atoms with Gasteiger partial charge in [0.25, 0.3) is 0 Å². The molecular formula is C18H18N2O2S. The molecule has 2 amide bonds. The zero-order valence-electron chi connectivity index (χ0n) is 13.1. The fraction of sp³-hybridized carbons (Fsp3) is 0.222. The first kappa shape index (κ1) is 15.6. The number of amides is 2. The number of thioether (sulfide) groups is 1. The third-order valence-electron chi connectivity index (χ3n) is 3.64. The first-order valence-corrected chi connectivity index (χ1v) is 8.36. The van der Waals surface area contributed by atoms with Gasteiger partial charge in [-0.25, -0.2) is 0 Å². The van der Waals surface area contributed by atoms with Gasteiger partial charge in [-0.05, 0) is 37.6 Å². The summed E-state index contributed by atoms with van der Waals surface area (Å²) in [7, 11) is 0. The van der Waals surface area contributed by atoms with E-state index < -0.39 is 0 Å². The van der Waals surface area contributed by atoms with Gasteiger partial charge in [0, 0.05) is 10.6 Å². The molecule has 0 spiro atoms. The fourth-order valence-electron chi connectivity index (χ4n) is 2.50. The van der Waals surface area contributed by atoms with Crippen molar-refractivity contribution in [2.45, 2.75) is 30.4 Å². The first-order chi connectivity index (χ1) is 11.0. The Labute approximate surface area is 139 Å². The monoisotopic (exact) mass is 326 g/mol. The Morgan fingerprint density at radius 2 is 2.09 bits per heavy atom. The summed E-state index contributed by atoms with van der Waals surface area (Å²) < 4.78 is 0. The molecule has 118 valence electrons. The van der Waals surface area contributed by atoms with Gasteiger partial charge in [-0.3, -0.25) is 9.59 Å². The van der Waals surface area contributed by atoms with Crippen molar-refractivity contribution < 1.29 is 9.59 Å². The average molecular weight is 326 g/mol. The van der Waals surface area contributed by atoms with Crippen LogP contribution in [0, 0.1) is 6.92 Å². The van der Waals surface area contributed by atoms with E-state index in [4.69, 9.17) is 0 Å². The molecule has 0 bridgehead atoms. The van der Waals surface area contributed by atoms with E-state index in [1.54, 1.807) is 6.07 Å². The summed E-state index contributed by atoms with van der Waals surface area (Å²) in [5.41, 5.74) is 3.57. The summed E-state index contributed by atoms with van der Waals surface area (Å²) in [6.07, 6.45) is 0.330. The second-order valence-corrected chi connectivity index (χ2v) is 7.06. The van der Waals surface area contributed by atoms with E-state index in [0.717, 1.165) is 21.7 Å². The third kappa shape index (κ3) is 3.74. The lowest BCUT2D eigenvalue weighted by Crippen LogP contribution is -2.26. The van der Waals surface area contributed by atoms with Crippen LogP contribution in [0.25, 0.3) is 0 Å². The minimum Gasteiger partial charge on any atom is -0.326 e. The molecule has 2 N–H and O–H groups in total. The van der Waals surface area contributed by atoms with Gasteiger partial charge in [-0.2, -0.15) is 0 Å². The molecule has 0 fully saturated rings. The van der Waals surface area contributed by atoms with Crippen molar-refractivity contribution in [1.29, 1.82) is 0 Å². The van der Waals surface area contributed by atoms with Gasteiger partial charge >= 0.3 is 0 Å². The second-order valence-electron chi connectivity index (χ2n) is 5.67. The van der Waals surface area contributed by atoms with Gasteiger partial charge in [-0.1, -0.05) is 29.8 Å². The normalized spacial score (nSPS) is 16.4. The van der Waals surface area contributed by atoms with Crippen molar-refractivity contribution in [1.82, 2.24) is 0 Å². The van der Waals surface area contributed by atoms with E-state index in [-0.39, 0.29) is 17.1 Å². The van der Waals surface area contributed by atoms with Crippen LogP contribution in [0.4, 0.5) is 11.4 Å². The van der Waals surface area contributed by atoms with E-state index in [9.17, 15) is 9.59 Å². The molecule has 2 aromatic carbocycles. The number of anilines is 2. The summed E-state index contributed by atoms with van der Waals surface area (Å²) in [6.45, 7) is 3.88. The van der Waals surface area contributed by atoms with Gasteiger partial charge in [0.05, 0.1) is 17.4 Å². The molecule has 1 aliphatic rings. The molecule has 0 radical (unpaired) electrons. The lowest BCUT2D eigenvalue weighted by atomic mass is 10.1. The van der Waals surface area contributed by atoms with Crippen LogP contribution in [-0.4, -0.2) is 17.1 Å². The van der Waals surface area contributed by atoms with Crippen molar-refractivity contribution in [3.8, 4) is 0 Å². The van der Waals surface area contributed by atoms with Gasteiger partial charge in [0.2, 0.25) is 11.8 Å². The van der Waals surface area contributed by atoms with E-state index in [0.29, 0.717) is 12.1 Å². The standard InChI is InChI=1S/C18H18N2O2S/c1-11-4-3-5-13(8-11)9-17(21)19-14-6-7-16-15(10-14)20-18(22)12(2)23-16/h3-8,10,12H,9H2,1-2H3,(H,19,21)(H,20,22). The van der Waals surface area contributed by atoms with Gasteiger partial charge in [0.15, 0.2) is 0 Å². The molecular weight excluding hydrogens is 308 g/mol. The third-order valence-corrected chi connectivity index (χ3v) is 4.82. The van der Waals surface area contributed by atoms with Gasteiger partial charge in [-0.15, -0.1) is 11.8 Å². The molecule has 0 aromatic heterocycles. The number of aryl methyl sites for hydroxylation is 1. The summed E-state index contributed by atoms with van der Waals surface area (Å²) >= 11 is 1.53. The Morgan fingerprint density at radius 1 is 1.26 bits per heavy atom. The lowest BCUT2D eigenvalue weighted by Gasteiger charge is -2.22. The van der Waals surface area contributed by atoms with E-state index in [1.165, 1.54) is 11.8 Å². The second kappa shape index (κ2) is 6.46. The van der Waals surface area contributed by atoms with Crippen LogP contribution in [0.2, 0.25) is 0 Å². The highest BCUT2D eigenvalue weighted by Gasteiger charge is 2.23. The molecule has 3 rings (SSSR count). The molecule has 23 heavy (non-hydrogen) atoms. The van der Waals surface area contributed by atoms with Crippen LogP contribution in [0.5, 0.6) is 0 Å². The largest absolute Gasteiger partial charge is 0.326 e. The zero-order valence-corrected chi connectivity index (χ0v) is 13.9. The maximum atomic E-state index is 12.2. The predicted octanol–water partition coefficient (Wildman–Crippen LogP) is 3.61. The predicted molar refractivity (Wildman–Crippen MR) is 93.9 cm³/mol. The number of hydrogen-bond donors (Lipinski definition) is 2. The summed E-state index contributed by atoms with van der Waals surface area (Å²) in [6, 6.07) is 13.5. The van der Waals surface area contributed by atoms with Crippen molar-refractivity contribution in [2.24, 2.45) is 0 Å². The number of nitrogens with one attached hydrogen (secondary N) is 2. The fourth-order valence-corrected chi connectivity index (χ4v) is 3.43. The average Bonchev–Trinajstić information content (AvgIpc) is 2.48. The Kier molecular flexibility index (Phi) is 4.39. The Balaban J connectivity index is 1.70. The van der Waals surface area contributed by atoms with Gasteiger partial charge in [0.1, 0.15) is 0 Å². The number of carbonyl (C=O) groups excluding carboxylic acids is 2. The quantitative estimate of drug-likeness (QED) is 0.906. The molecule has 1 unspecified atom stereocenters. The van der Waals surface area contributed by atoms with Crippen LogP contribution in [-0.2, 0) is 16.0 Å². The minimum absolute atomic E-state index is 0.00858. The number of hydrogen-bond acceptors (Lipinski definition) is 3. The summed E-state index contributed by atoms with van der Waals surface area (Å²) in [5.74, 6) is -0.0792. The highest BCUT2D eigenvalue weighted by Crippen LogP contribution is 2.36. The van der Waals surface area contributed by atoms with Gasteiger partial charge < -0.3 is 10.6 Å².